The Morgan fingerprint density at radius 1 is 0.878 bits per heavy atom. The number of halogens is 2. The van der Waals surface area contributed by atoms with Crippen molar-refractivity contribution in [2.45, 2.75) is 51.6 Å². The second-order valence-electron chi connectivity index (χ2n) is 9.85. The lowest BCUT2D eigenvalue weighted by Gasteiger charge is -2.32. The van der Waals surface area contributed by atoms with Crippen LogP contribution in [0.15, 0.2) is 78.9 Å². The van der Waals surface area contributed by atoms with Crippen LogP contribution in [0.1, 0.15) is 43.7 Å². The average Bonchev–Trinajstić information content (AvgIpc) is 2.94. The van der Waals surface area contributed by atoms with E-state index in [9.17, 15) is 26.8 Å². The molecule has 0 aliphatic rings. The molecule has 0 unspecified atom stereocenters. The minimum atomic E-state index is -3.84. The maximum atomic E-state index is 14.7. The third kappa shape index (κ3) is 9.38. The summed E-state index contributed by atoms with van der Waals surface area (Å²) in [6, 6.07) is 19.9. The smallest absolute Gasteiger partial charge is 0.243 e. The Labute approximate surface area is 241 Å². The van der Waals surface area contributed by atoms with Crippen LogP contribution in [0.2, 0.25) is 0 Å². The summed E-state index contributed by atoms with van der Waals surface area (Å²) in [6.07, 6.45) is 2.75. The van der Waals surface area contributed by atoms with Crippen molar-refractivity contribution in [1.82, 2.24) is 10.2 Å². The van der Waals surface area contributed by atoms with Gasteiger partial charge in [-0.25, -0.2) is 17.2 Å². The SMILES string of the molecule is CCCCNC(=O)[C@H](Cc1ccccc1)N(Cc1ccccc1F)C(=O)CCCN(c1ccccc1F)S(C)(=O)=O. The molecule has 10 heteroatoms. The molecule has 0 saturated heterocycles. The molecule has 41 heavy (non-hydrogen) atoms. The molecular weight excluding hydrogens is 548 g/mol. The third-order valence-electron chi connectivity index (χ3n) is 6.67. The predicted octanol–water partition coefficient (Wildman–Crippen LogP) is 5.07. The fraction of sp³-hybridized carbons (Fsp3) is 0.355. The lowest BCUT2D eigenvalue weighted by molar-refractivity contribution is -0.141. The van der Waals surface area contributed by atoms with Crippen molar-refractivity contribution in [3.05, 3.63) is 102 Å². The van der Waals surface area contributed by atoms with E-state index in [-0.39, 0.29) is 49.5 Å². The van der Waals surface area contributed by atoms with Crippen LogP contribution in [0.25, 0.3) is 0 Å². The number of carbonyl (C=O) groups excluding carboxylic acids is 2. The number of carbonyl (C=O) groups is 2. The van der Waals surface area contributed by atoms with Gasteiger partial charge < -0.3 is 10.2 Å². The molecule has 0 radical (unpaired) electrons. The van der Waals surface area contributed by atoms with Gasteiger partial charge in [-0.2, -0.15) is 0 Å². The van der Waals surface area contributed by atoms with Gasteiger partial charge in [0.1, 0.15) is 17.7 Å². The van der Waals surface area contributed by atoms with E-state index < -0.39 is 33.6 Å². The van der Waals surface area contributed by atoms with Gasteiger partial charge in [0.05, 0.1) is 11.9 Å². The number of amides is 2. The van der Waals surface area contributed by atoms with Gasteiger partial charge in [0.15, 0.2) is 0 Å². The van der Waals surface area contributed by atoms with Gasteiger partial charge in [0.25, 0.3) is 0 Å². The highest BCUT2D eigenvalue weighted by atomic mass is 32.2. The van der Waals surface area contributed by atoms with Gasteiger partial charge in [-0.1, -0.05) is 74.0 Å². The summed E-state index contributed by atoms with van der Waals surface area (Å²) < 4.78 is 55.0. The first-order valence-electron chi connectivity index (χ1n) is 13.7. The molecule has 0 bridgehead atoms. The second-order valence-corrected chi connectivity index (χ2v) is 11.8. The molecule has 3 aromatic rings. The molecule has 0 saturated carbocycles. The minimum Gasteiger partial charge on any atom is -0.354 e. The second kappa shape index (κ2) is 15.3. The molecule has 1 N–H and O–H groups in total. The molecule has 0 aliphatic carbocycles. The van der Waals surface area contributed by atoms with Crippen LogP contribution in [0.4, 0.5) is 14.5 Å². The number of unbranched alkanes of at least 4 members (excludes halogenated alkanes) is 1. The predicted molar refractivity (Wildman–Crippen MR) is 157 cm³/mol. The zero-order valence-electron chi connectivity index (χ0n) is 23.4. The largest absolute Gasteiger partial charge is 0.354 e. The summed E-state index contributed by atoms with van der Waals surface area (Å²) in [4.78, 5) is 28.6. The van der Waals surface area contributed by atoms with Crippen molar-refractivity contribution in [3.63, 3.8) is 0 Å². The van der Waals surface area contributed by atoms with Crippen LogP contribution in [0, 0.1) is 11.6 Å². The van der Waals surface area contributed by atoms with Crippen molar-refractivity contribution < 1.29 is 26.8 Å². The van der Waals surface area contributed by atoms with Crippen LogP contribution >= 0.6 is 0 Å². The van der Waals surface area contributed by atoms with Crippen molar-refractivity contribution in [2.75, 3.05) is 23.7 Å². The summed E-state index contributed by atoms with van der Waals surface area (Å²) in [5.41, 5.74) is 0.976. The fourth-order valence-corrected chi connectivity index (χ4v) is 5.47. The van der Waals surface area contributed by atoms with E-state index in [0.717, 1.165) is 29.0 Å². The molecule has 3 aromatic carbocycles. The Morgan fingerprint density at radius 3 is 2.15 bits per heavy atom. The highest BCUT2D eigenvalue weighted by Crippen LogP contribution is 2.23. The van der Waals surface area contributed by atoms with Gasteiger partial charge in [-0.15, -0.1) is 0 Å². The summed E-state index contributed by atoms with van der Waals surface area (Å²) in [7, 11) is -3.84. The molecule has 3 rings (SSSR count). The van der Waals surface area contributed by atoms with Crippen LogP contribution in [-0.4, -0.2) is 50.5 Å². The lowest BCUT2D eigenvalue weighted by atomic mass is 10.0. The topological polar surface area (TPSA) is 86.8 Å². The number of rotatable bonds is 15. The van der Waals surface area contributed by atoms with E-state index >= 15 is 0 Å². The van der Waals surface area contributed by atoms with Gasteiger partial charge in [-0.05, 0) is 36.6 Å². The first-order chi connectivity index (χ1) is 19.6. The maximum Gasteiger partial charge on any atom is 0.243 e. The fourth-order valence-electron chi connectivity index (χ4n) is 4.51. The maximum absolute atomic E-state index is 14.7. The summed E-state index contributed by atoms with van der Waals surface area (Å²) in [6.45, 7) is 2.15. The third-order valence-corrected chi connectivity index (χ3v) is 7.85. The molecule has 0 fully saturated rings. The standard InChI is InChI=1S/C31H37F2N3O4S/c1-3-4-20-34-31(38)29(22-24-13-6-5-7-14-24)35(23-25-15-8-9-16-26(25)32)30(37)19-12-21-36(41(2,39)40)28-18-11-10-17-27(28)33/h5-11,13-18,29H,3-4,12,19-23H2,1-2H3,(H,34,38)/t29-/m0/s1. The van der Waals surface area contributed by atoms with E-state index in [1.54, 1.807) is 18.2 Å². The number of benzene rings is 3. The summed E-state index contributed by atoms with van der Waals surface area (Å²) in [5.74, 6) is -1.99. The van der Waals surface area contributed by atoms with Gasteiger partial charge in [0, 0.05) is 38.0 Å². The first-order valence-corrected chi connectivity index (χ1v) is 15.5. The lowest BCUT2D eigenvalue weighted by Crippen LogP contribution is -2.50. The first kappa shape index (κ1) is 31.7. The molecule has 0 aliphatic heterocycles. The minimum absolute atomic E-state index is 0.0590. The number of nitrogens with one attached hydrogen (secondary N) is 1. The number of sulfonamides is 1. The van der Waals surface area contributed by atoms with Crippen LogP contribution in [0.5, 0.6) is 0 Å². The normalized spacial score (nSPS) is 12.0. The van der Waals surface area contributed by atoms with E-state index in [2.05, 4.69) is 5.32 Å². The molecule has 0 spiro atoms. The zero-order valence-corrected chi connectivity index (χ0v) is 24.2. The average molecular weight is 586 g/mol. The number of para-hydroxylation sites is 1. The number of hydrogen-bond acceptors (Lipinski definition) is 4. The highest BCUT2D eigenvalue weighted by Gasteiger charge is 2.31. The highest BCUT2D eigenvalue weighted by molar-refractivity contribution is 7.92. The molecule has 7 nitrogen and oxygen atoms in total. The molecule has 2 amide bonds. The van der Waals surface area contributed by atoms with Crippen LogP contribution in [0.3, 0.4) is 0 Å². The van der Waals surface area contributed by atoms with Gasteiger partial charge >= 0.3 is 0 Å². The number of nitrogens with zero attached hydrogens (tertiary/aromatic N) is 2. The van der Waals surface area contributed by atoms with E-state index in [1.807, 2.05) is 37.3 Å². The monoisotopic (exact) mass is 585 g/mol. The Hall–Kier alpha value is -3.79. The Morgan fingerprint density at radius 2 is 1.51 bits per heavy atom. The van der Waals surface area contributed by atoms with Crippen molar-refractivity contribution in [2.24, 2.45) is 0 Å². The van der Waals surface area contributed by atoms with E-state index in [1.165, 1.54) is 35.2 Å². The van der Waals surface area contributed by atoms with Crippen molar-refractivity contribution >= 4 is 27.5 Å². The number of anilines is 1. The Balaban J connectivity index is 1.88. The van der Waals surface area contributed by atoms with Gasteiger partial charge in [0.2, 0.25) is 21.8 Å². The summed E-state index contributed by atoms with van der Waals surface area (Å²) in [5, 5.41) is 2.91. The quantitative estimate of drug-likeness (QED) is 0.253. The molecule has 0 heterocycles. The number of hydrogen-bond donors (Lipinski definition) is 1. The van der Waals surface area contributed by atoms with Crippen LogP contribution in [-0.2, 0) is 32.6 Å². The Bertz CT molecular complexity index is 1400. The van der Waals surface area contributed by atoms with E-state index in [0.29, 0.717) is 6.54 Å². The zero-order chi connectivity index (χ0) is 29.8. The van der Waals surface area contributed by atoms with Crippen LogP contribution < -0.4 is 9.62 Å². The van der Waals surface area contributed by atoms with E-state index in [4.69, 9.17) is 0 Å². The molecule has 220 valence electrons. The van der Waals surface area contributed by atoms with Gasteiger partial charge in [-0.3, -0.25) is 13.9 Å². The molecule has 1 atom stereocenters. The molecular formula is C31H37F2N3O4S. The summed E-state index contributed by atoms with van der Waals surface area (Å²) >= 11 is 0. The Kier molecular flexibility index (Phi) is 11.8. The van der Waals surface area contributed by atoms with Crippen molar-refractivity contribution in [1.29, 1.82) is 0 Å². The van der Waals surface area contributed by atoms with Crippen molar-refractivity contribution in [3.8, 4) is 0 Å². The molecule has 0 aromatic heterocycles.